The fourth-order valence-corrected chi connectivity index (χ4v) is 2.89. The van der Waals surface area contributed by atoms with Gasteiger partial charge in [0.1, 0.15) is 11.8 Å². The lowest BCUT2D eigenvalue weighted by Crippen LogP contribution is -2.23. The maximum atomic E-state index is 12.2. The van der Waals surface area contributed by atoms with Crippen molar-refractivity contribution in [2.45, 2.75) is 18.7 Å². The van der Waals surface area contributed by atoms with E-state index in [1.807, 2.05) is 6.07 Å². The first-order valence-corrected chi connectivity index (χ1v) is 7.14. The van der Waals surface area contributed by atoms with Crippen molar-refractivity contribution in [1.29, 1.82) is 10.5 Å². The summed E-state index contributed by atoms with van der Waals surface area (Å²) in [6.45, 7) is 1.52. The number of hydrogen-bond donors (Lipinski definition) is 0. The van der Waals surface area contributed by atoms with E-state index in [0.717, 1.165) is 5.06 Å². The molecule has 0 radical (unpaired) electrons. The van der Waals surface area contributed by atoms with Gasteiger partial charge in [-0.2, -0.15) is 10.5 Å². The largest absolute Gasteiger partial charge is 0.443 e. The van der Waals surface area contributed by atoms with Gasteiger partial charge in [-0.3, -0.25) is 0 Å². The minimum atomic E-state index is -3.85. The number of aryl methyl sites for hydroxylation is 1. The van der Waals surface area contributed by atoms with E-state index >= 15 is 0 Å². The van der Waals surface area contributed by atoms with Gasteiger partial charge in [-0.1, -0.05) is 0 Å². The summed E-state index contributed by atoms with van der Waals surface area (Å²) >= 11 is 0. The second-order valence-electron chi connectivity index (χ2n) is 4.07. The van der Waals surface area contributed by atoms with Crippen LogP contribution in [-0.4, -0.2) is 31.6 Å². The van der Waals surface area contributed by atoms with Crippen molar-refractivity contribution >= 4 is 9.84 Å². The minimum absolute atomic E-state index is 0.0439. The molecule has 1 aliphatic heterocycles. The first-order valence-electron chi connectivity index (χ1n) is 5.49. The first kappa shape index (κ1) is 14.1. The number of oxazole rings is 1. The van der Waals surface area contributed by atoms with Crippen LogP contribution in [-0.2, 0) is 20.4 Å². The molecule has 1 aromatic heterocycles. The van der Waals surface area contributed by atoms with Gasteiger partial charge in [0.25, 0.3) is 0 Å². The highest BCUT2D eigenvalue weighted by Crippen LogP contribution is 2.25. The number of likely N-dealkylation sites (N-methyl/N-ethyl adjacent to an activating group) is 1. The summed E-state index contributed by atoms with van der Waals surface area (Å²) in [5, 5.41) is 18.5. The van der Waals surface area contributed by atoms with Crippen LogP contribution in [0.2, 0.25) is 0 Å². The third-order valence-corrected chi connectivity index (χ3v) is 4.06. The molecule has 0 saturated heterocycles. The molecule has 9 heteroatoms. The molecule has 1 aromatic rings. The van der Waals surface area contributed by atoms with Crippen LogP contribution in [0.4, 0.5) is 0 Å². The number of aromatic nitrogens is 1. The molecule has 1 unspecified atom stereocenters. The predicted molar refractivity (Wildman–Crippen MR) is 64.9 cm³/mol. The molecule has 2 rings (SSSR count). The number of sulfone groups is 1. The molecule has 1 atom stereocenters. The van der Waals surface area contributed by atoms with Gasteiger partial charge in [0, 0.05) is 20.0 Å². The van der Waals surface area contributed by atoms with Crippen molar-refractivity contribution in [3.8, 4) is 12.1 Å². The zero-order chi connectivity index (χ0) is 14.9. The van der Waals surface area contributed by atoms with Crippen molar-refractivity contribution in [2.75, 3.05) is 7.05 Å². The van der Waals surface area contributed by atoms with Gasteiger partial charge in [-0.15, -0.1) is 5.06 Å². The molecule has 0 N–H and O–H groups in total. The van der Waals surface area contributed by atoms with E-state index in [2.05, 4.69) is 4.98 Å². The van der Waals surface area contributed by atoms with Gasteiger partial charge in [-0.05, 0) is 0 Å². The summed E-state index contributed by atoms with van der Waals surface area (Å²) in [5.41, 5.74) is -0.0742. The Morgan fingerprint density at radius 1 is 1.50 bits per heavy atom. The monoisotopic (exact) mass is 294 g/mol. The van der Waals surface area contributed by atoms with E-state index in [1.165, 1.54) is 20.0 Å². The van der Waals surface area contributed by atoms with Crippen LogP contribution in [0.3, 0.4) is 0 Å². The molecule has 0 aromatic carbocycles. The van der Waals surface area contributed by atoms with E-state index in [-0.39, 0.29) is 22.4 Å². The number of nitriles is 2. The Morgan fingerprint density at radius 2 is 2.20 bits per heavy atom. The first-order chi connectivity index (χ1) is 9.37. The average Bonchev–Trinajstić information content (AvgIpc) is 2.92. The van der Waals surface area contributed by atoms with Crippen molar-refractivity contribution in [3.63, 3.8) is 0 Å². The van der Waals surface area contributed by atoms with Crippen LogP contribution in [0.15, 0.2) is 15.6 Å². The maximum Gasteiger partial charge on any atom is 0.237 e. The summed E-state index contributed by atoms with van der Waals surface area (Å²) in [6.07, 6.45) is 1.20. The molecule has 1 aliphatic rings. The minimum Gasteiger partial charge on any atom is -0.443 e. The molecule has 0 spiro atoms. The van der Waals surface area contributed by atoms with Gasteiger partial charge < -0.3 is 9.25 Å². The third-order valence-electron chi connectivity index (χ3n) is 2.59. The van der Waals surface area contributed by atoms with Gasteiger partial charge >= 0.3 is 0 Å². The highest BCUT2D eigenvalue weighted by molar-refractivity contribution is 7.94. The Balaban J connectivity index is 2.30. The standard InChI is InChI=1S/C11H10N4O4S/c1-7-14-9(5-13)10(18-7)6-20(16,17)11-3-8(4-12)15(2)19-11/h3,8H,6H2,1-2H3. The predicted octanol–water partition coefficient (Wildman–Crippen LogP) is 0.380. The maximum absolute atomic E-state index is 12.2. The lowest BCUT2D eigenvalue weighted by Gasteiger charge is -2.12. The number of nitrogens with zero attached hydrogens (tertiary/aromatic N) is 4. The van der Waals surface area contributed by atoms with Crippen LogP contribution in [0.1, 0.15) is 17.3 Å². The topological polar surface area (TPSA) is 120 Å². The van der Waals surface area contributed by atoms with Gasteiger partial charge in [0.15, 0.2) is 23.4 Å². The Kier molecular flexibility index (Phi) is 3.49. The van der Waals surface area contributed by atoms with Crippen molar-refractivity contribution in [2.24, 2.45) is 0 Å². The van der Waals surface area contributed by atoms with Crippen LogP contribution < -0.4 is 0 Å². The molecule has 2 heterocycles. The second-order valence-corrected chi connectivity index (χ2v) is 5.99. The van der Waals surface area contributed by atoms with Crippen LogP contribution in [0, 0.1) is 29.6 Å². The Bertz CT molecular complexity index is 750. The summed E-state index contributed by atoms with van der Waals surface area (Å²) in [7, 11) is -2.40. The molecule has 0 bridgehead atoms. The summed E-state index contributed by atoms with van der Waals surface area (Å²) in [6, 6.07) is 2.87. The average molecular weight is 294 g/mol. The molecule has 0 aliphatic carbocycles. The van der Waals surface area contributed by atoms with E-state index in [9.17, 15) is 8.42 Å². The fourth-order valence-electron chi connectivity index (χ4n) is 1.64. The van der Waals surface area contributed by atoms with E-state index in [4.69, 9.17) is 19.8 Å². The molecule has 0 fully saturated rings. The SMILES string of the molecule is Cc1nc(C#N)c(CS(=O)(=O)C2=CC(C#N)N(C)O2)o1. The van der Waals surface area contributed by atoms with Gasteiger partial charge in [-0.25, -0.2) is 13.4 Å². The highest BCUT2D eigenvalue weighted by Gasteiger charge is 2.33. The van der Waals surface area contributed by atoms with Gasteiger partial charge in [0.05, 0.1) is 6.07 Å². The zero-order valence-electron chi connectivity index (χ0n) is 10.7. The van der Waals surface area contributed by atoms with E-state index in [1.54, 1.807) is 6.07 Å². The molecular formula is C11H10N4O4S. The molecule has 8 nitrogen and oxygen atoms in total. The normalized spacial score (nSPS) is 19.0. The summed E-state index contributed by atoms with van der Waals surface area (Å²) in [4.78, 5) is 8.79. The lowest BCUT2D eigenvalue weighted by molar-refractivity contribution is -0.0721. The second kappa shape index (κ2) is 4.96. The molecular weight excluding hydrogens is 284 g/mol. The number of hydrogen-bond acceptors (Lipinski definition) is 8. The molecule has 0 saturated carbocycles. The van der Waals surface area contributed by atoms with Crippen LogP contribution in [0.5, 0.6) is 0 Å². The fraction of sp³-hybridized carbons (Fsp3) is 0.364. The molecule has 20 heavy (non-hydrogen) atoms. The molecule has 0 amide bonds. The van der Waals surface area contributed by atoms with Crippen molar-refractivity contribution < 1.29 is 17.7 Å². The van der Waals surface area contributed by atoms with Crippen LogP contribution >= 0.6 is 0 Å². The lowest BCUT2D eigenvalue weighted by atomic mass is 10.3. The van der Waals surface area contributed by atoms with E-state index in [0.29, 0.717) is 0 Å². The summed E-state index contributed by atoms with van der Waals surface area (Å²) in [5.74, 6) is -0.383. The smallest absolute Gasteiger partial charge is 0.237 e. The quantitative estimate of drug-likeness (QED) is 0.784. The Labute approximate surface area is 115 Å². The highest BCUT2D eigenvalue weighted by atomic mass is 32.2. The zero-order valence-corrected chi connectivity index (χ0v) is 11.5. The third kappa shape index (κ3) is 2.50. The molecule has 104 valence electrons. The Morgan fingerprint density at radius 3 is 2.75 bits per heavy atom. The van der Waals surface area contributed by atoms with Crippen molar-refractivity contribution in [3.05, 3.63) is 28.5 Å². The number of hydroxylamine groups is 2. The Hall–Kier alpha value is -2.36. The van der Waals surface area contributed by atoms with Crippen LogP contribution in [0.25, 0.3) is 0 Å². The van der Waals surface area contributed by atoms with Gasteiger partial charge in [0.2, 0.25) is 14.9 Å². The van der Waals surface area contributed by atoms with Crippen molar-refractivity contribution in [1.82, 2.24) is 10.0 Å². The van der Waals surface area contributed by atoms with E-state index < -0.39 is 21.6 Å². The number of rotatable bonds is 3. The summed E-state index contributed by atoms with van der Waals surface area (Å²) < 4.78 is 29.4.